The Labute approximate surface area is 192 Å². The Hall–Kier alpha value is -3.51. The Morgan fingerprint density at radius 3 is 2.50 bits per heavy atom. The van der Waals surface area contributed by atoms with Gasteiger partial charge in [-0.2, -0.15) is 0 Å². The number of carbonyl (C=O) groups is 2. The maximum atomic E-state index is 12.7. The molecule has 0 bridgehead atoms. The van der Waals surface area contributed by atoms with Gasteiger partial charge in [0.25, 0.3) is 0 Å². The van der Waals surface area contributed by atoms with E-state index in [1.165, 1.54) is 6.08 Å². The van der Waals surface area contributed by atoms with E-state index >= 15 is 0 Å². The van der Waals surface area contributed by atoms with Gasteiger partial charge in [-0.25, -0.2) is 0 Å². The predicted molar refractivity (Wildman–Crippen MR) is 134 cm³/mol. The highest BCUT2D eigenvalue weighted by Gasteiger charge is 2.34. The second kappa shape index (κ2) is 9.75. The van der Waals surface area contributed by atoms with E-state index in [0.29, 0.717) is 11.4 Å². The zero-order valence-electron chi connectivity index (χ0n) is 18.1. The summed E-state index contributed by atoms with van der Waals surface area (Å²) >= 11 is 1.59. The number of nitrogens with zero attached hydrogens (tertiary/aromatic N) is 2. The van der Waals surface area contributed by atoms with E-state index in [-0.39, 0.29) is 17.2 Å². The lowest BCUT2D eigenvalue weighted by molar-refractivity contribution is -0.116. The maximum absolute atomic E-state index is 12.7. The number of thioether (sulfide) groups is 1. The fraction of sp³-hybridized carbons (Fsp3) is 0.154. The second-order valence-corrected chi connectivity index (χ2v) is 8.77. The number of hydrogen-bond acceptors (Lipinski definition) is 4. The number of carbonyl (C=O) groups excluding carboxylic acids is 2. The molecule has 0 aromatic heterocycles. The van der Waals surface area contributed by atoms with E-state index < -0.39 is 0 Å². The monoisotopic (exact) mass is 443 g/mol. The van der Waals surface area contributed by atoms with Gasteiger partial charge in [-0.3, -0.25) is 14.5 Å². The molecule has 1 atom stereocenters. The van der Waals surface area contributed by atoms with Gasteiger partial charge in [0, 0.05) is 37.2 Å². The van der Waals surface area contributed by atoms with Crippen LogP contribution < -0.4 is 15.1 Å². The zero-order chi connectivity index (χ0) is 22.5. The summed E-state index contributed by atoms with van der Waals surface area (Å²) in [7, 11) is 3.98. The van der Waals surface area contributed by atoms with E-state index in [1.807, 2.05) is 103 Å². The molecule has 1 saturated heterocycles. The van der Waals surface area contributed by atoms with Crippen LogP contribution in [0.15, 0.2) is 84.9 Å². The standard InChI is InChI=1S/C26H25N3O2S/c1-28(2)22-12-14-23(15-13-22)29-25(31)18-32-26(29)20-9-6-10-21(17-20)27-24(30)16-11-19-7-4-3-5-8-19/h3-17,26H,18H2,1-2H3,(H,27,30). The summed E-state index contributed by atoms with van der Waals surface area (Å²) in [5.41, 5.74) is 4.59. The molecule has 3 aromatic carbocycles. The Balaban J connectivity index is 1.50. The predicted octanol–water partition coefficient (Wildman–Crippen LogP) is 5.18. The van der Waals surface area contributed by atoms with Gasteiger partial charge in [0.1, 0.15) is 5.37 Å². The molecule has 0 saturated carbocycles. The van der Waals surface area contributed by atoms with Crippen molar-refractivity contribution in [2.45, 2.75) is 5.37 Å². The van der Waals surface area contributed by atoms with Gasteiger partial charge in [-0.1, -0.05) is 42.5 Å². The molecule has 1 aliphatic heterocycles. The van der Waals surface area contributed by atoms with Crippen molar-refractivity contribution in [3.63, 3.8) is 0 Å². The topological polar surface area (TPSA) is 52.6 Å². The van der Waals surface area contributed by atoms with Crippen LogP contribution in [0.4, 0.5) is 17.1 Å². The van der Waals surface area contributed by atoms with Crippen LogP contribution in [0.25, 0.3) is 6.08 Å². The molecular formula is C26H25N3O2S. The number of amides is 2. The van der Waals surface area contributed by atoms with Crippen molar-refractivity contribution in [1.82, 2.24) is 0 Å². The van der Waals surface area contributed by atoms with Crippen LogP contribution in [0.1, 0.15) is 16.5 Å². The van der Waals surface area contributed by atoms with Crippen molar-refractivity contribution in [2.75, 3.05) is 35.0 Å². The van der Waals surface area contributed by atoms with Crippen LogP contribution in [-0.2, 0) is 9.59 Å². The molecule has 0 aliphatic carbocycles. The molecule has 32 heavy (non-hydrogen) atoms. The van der Waals surface area contributed by atoms with Gasteiger partial charge >= 0.3 is 0 Å². The highest BCUT2D eigenvalue weighted by molar-refractivity contribution is 8.00. The van der Waals surface area contributed by atoms with Crippen LogP contribution in [0.5, 0.6) is 0 Å². The van der Waals surface area contributed by atoms with Crippen molar-refractivity contribution >= 4 is 46.7 Å². The first-order valence-corrected chi connectivity index (χ1v) is 11.4. The minimum Gasteiger partial charge on any atom is -0.378 e. The Morgan fingerprint density at radius 2 is 1.78 bits per heavy atom. The lowest BCUT2D eigenvalue weighted by atomic mass is 10.1. The van der Waals surface area contributed by atoms with Gasteiger partial charge < -0.3 is 10.2 Å². The largest absolute Gasteiger partial charge is 0.378 e. The Morgan fingerprint density at radius 1 is 1.03 bits per heavy atom. The molecule has 1 unspecified atom stereocenters. The van der Waals surface area contributed by atoms with Crippen molar-refractivity contribution < 1.29 is 9.59 Å². The first-order chi connectivity index (χ1) is 15.5. The molecule has 5 nitrogen and oxygen atoms in total. The van der Waals surface area contributed by atoms with E-state index in [4.69, 9.17) is 0 Å². The summed E-state index contributed by atoms with van der Waals surface area (Å²) < 4.78 is 0. The highest BCUT2D eigenvalue weighted by atomic mass is 32.2. The van der Waals surface area contributed by atoms with Crippen molar-refractivity contribution in [1.29, 1.82) is 0 Å². The van der Waals surface area contributed by atoms with Gasteiger partial charge in [0.2, 0.25) is 11.8 Å². The number of nitrogens with one attached hydrogen (secondary N) is 1. The molecule has 3 aromatic rings. The van der Waals surface area contributed by atoms with Crippen molar-refractivity contribution in [3.05, 3.63) is 96.1 Å². The Kier molecular flexibility index (Phi) is 6.61. The van der Waals surface area contributed by atoms with E-state index in [1.54, 1.807) is 17.8 Å². The quantitative estimate of drug-likeness (QED) is 0.533. The van der Waals surface area contributed by atoms with Gasteiger partial charge in [-0.15, -0.1) is 11.8 Å². The SMILES string of the molecule is CN(C)c1ccc(N2C(=O)CSC2c2cccc(NC(=O)C=Cc3ccccc3)c2)cc1. The molecule has 4 rings (SSSR count). The number of anilines is 3. The fourth-order valence-corrected chi connectivity index (χ4v) is 4.72. The molecule has 1 N–H and O–H groups in total. The number of benzene rings is 3. The maximum Gasteiger partial charge on any atom is 0.248 e. The van der Waals surface area contributed by atoms with Crippen LogP contribution >= 0.6 is 11.8 Å². The molecule has 0 radical (unpaired) electrons. The highest BCUT2D eigenvalue weighted by Crippen LogP contribution is 2.42. The molecule has 162 valence electrons. The molecule has 2 amide bonds. The van der Waals surface area contributed by atoms with Crippen molar-refractivity contribution in [2.24, 2.45) is 0 Å². The van der Waals surface area contributed by atoms with Crippen molar-refractivity contribution in [3.8, 4) is 0 Å². The first kappa shape index (κ1) is 21.7. The third-order valence-corrected chi connectivity index (χ3v) is 6.39. The Bertz CT molecular complexity index is 1130. The summed E-state index contributed by atoms with van der Waals surface area (Å²) in [5, 5.41) is 2.78. The minimum atomic E-state index is -0.197. The van der Waals surface area contributed by atoms with Crippen LogP contribution in [0.2, 0.25) is 0 Å². The molecule has 0 spiro atoms. The van der Waals surface area contributed by atoms with Gasteiger partial charge in [0.05, 0.1) is 5.75 Å². The lowest BCUT2D eigenvalue weighted by Crippen LogP contribution is -2.27. The van der Waals surface area contributed by atoms with E-state index in [0.717, 1.165) is 22.5 Å². The van der Waals surface area contributed by atoms with E-state index in [9.17, 15) is 9.59 Å². The zero-order valence-corrected chi connectivity index (χ0v) is 18.9. The smallest absolute Gasteiger partial charge is 0.248 e. The molecular weight excluding hydrogens is 418 g/mol. The second-order valence-electron chi connectivity index (χ2n) is 7.70. The third-order valence-electron chi connectivity index (χ3n) is 5.18. The van der Waals surface area contributed by atoms with Crippen LogP contribution in [0, 0.1) is 0 Å². The number of hydrogen-bond donors (Lipinski definition) is 1. The summed E-state index contributed by atoms with van der Waals surface area (Å²) in [6, 6.07) is 25.4. The van der Waals surface area contributed by atoms with Gasteiger partial charge in [0.15, 0.2) is 0 Å². The average molecular weight is 444 g/mol. The number of rotatable bonds is 6. The first-order valence-electron chi connectivity index (χ1n) is 10.4. The van der Waals surface area contributed by atoms with Crippen LogP contribution in [-0.4, -0.2) is 31.7 Å². The summed E-state index contributed by atoms with van der Waals surface area (Å²) in [4.78, 5) is 28.9. The summed E-state index contributed by atoms with van der Waals surface area (Å²) in [5.74, 6) is 0.311. The third kappa shape index (κ3) is 5.03. The fourth-order valence-electron chi connectivity index (χ4n) is 3.55. The minimum absolute atomic E-state index is 0.0813. The summed E-state index contributed by atoms with van der Waals surface area (Å²) in [6.07, 6.45) is 3.30. The average Bonchev–Trinajstić information content (AvgIpc) is 3.20. The molecule has 1 aliphatic rings. The van der Waals surface area contributed by atoms with Gasteiger partial charge in [-0.05, 0) is 53.6 Å². The molecule has 1 fully saturated rings. The normalized spacial score (nSPS) is 15.9. The van der Waals surface area contributed by atoms with E-state index in [2.05, 4.69) is 5.32 Å². The molecule has 1 heterocycles. The summed E-state index contributed by atoms with van der Waals surface area (Å²) in [6.45, 7) is 0. The molecule has 6 heteroatoms. The lowest BCUT2D eigenvalue weighted by Gasteiger charge is -2.25. The van der Waals surface area contributed by atoms with Crippen LogP contribution in [0.3, 0.4) is 0 Å².